The zero-order valence-electron chi connectivity index (χ0n) is 10.5. The first-order valence-corrected chi connectivity index (χ1v) is 6.07. The second kappa shape index (κ2) is 6.36. The van der Waals surface area contributed by atoms with Crippen LogP contribution in [0.2, 0.25) is 0 Å². The molecular weight excluding hydrogens is 236 g/mol. The second-order valence-electron chi connectivity index (χ2n) is 4.24. The first kappa shape index (κ1) is 12.8. The third-order valence-corrected chi connectivity index (χ3v) is 2.73. The minimum atomic E-state index is -0.0424. The summed E-state index contributed by atoms with van der Waals surface area (Å²) in [7, 11) is 0. The number of nitrogens with one attached hydrogen (secondary N) is 1. The molecule has 0 aliphatic rings. The summed E-state index contributed by atoms with van der Waals surface area (Å²) in [6.07, 6.45) is 0.749. The summed E-state index contributed by atoms with van der Waals surface area (Å²) in [6, 6.07) is 19.0. The van der Waals surface area contributed by atoms with Gasteiger partial charge in [0, 0.05) is 5.69 Å². The molecule has 0 bridgehead atoms. The van der Waals surface area contributed by atoms with Gasteiger partial charge in [-0.15, -0.1) is 0 Å². The highest BCUT2D eigenvalue weighted by Gasteiger charge is 2.03. The molecule has 94 valence electrons. The van der Waals surface area contributed by atoms with Crippen LogP contribution in [0, 0.1) is 11.3 Å². The summed E-state index contributed by atoms with van der Waals surface area (Å²) in [5.74, 6) is -0.0424. The highest BCUT2D eigenvalue weighted by molar-refractivity contribution is 5.92. The number of hydrogen-bond acceptors (Lipinski definition) is 2. The Morgan fingerprint density at radius 2 is 1.68 bits per heavy atom. The van der Waals surface area contributed by atoms with E-state index in [4.69, 9.17) is 5.26 Å². The summed E-state index contributed by atoms with van der Waals surface area (Å²) in [6.45, 7) is 0. The average molecular weight is 250 g/mol. The SMILES string of the molecule is N#CCc1ccc(NC(=O)Cc2ccccc2)cc1. The van der Waals surface area contributed by atoms with Gasteiger partial charge in [-0.3, -0.25) is 4.79 Å². The van der Waals surface area contributed by atoms with Crippen LogP contribution in [-0.4, -0.2) is 5.91 Å². The Bertz CT molecular complexity index is 582. The van der Waals surface area contributed by atoms with Crippen molar-refractivity contribution in [1.29, 1.82) is 5.26 Å². The van der Waals surface area contributed by atoms with Crippen molar-refractivity contribution >= 4 is 11.6 Å². The van der Waals surface area contributed by atoms with Gasteiger partial charge >= 0.3 is 0 Å². The van der Waals surface area contributed by atoms with Crippen LogP contribution in [0.1, 0.15) is 11.1 Å². The van der Waals surface area contributed by atoms with E-state index in [0.717, 1.165) is 16.8 Å². The number of nitriles is 1. The van der Waals surface area contributed by atoms with E-state index in [9.17, 15) is 4.79 Å². The number of hydrogen-bond donors (Lipinski definition) is 1. The van der Waals surface area contributed by atoms with Crippen molar-refractivity contribution in [2.75, 3.05) is 5.32 Å². The Kier molecular flexibility index (Phi) is 4.30. The Morgan fingerprint density at radius 3 is 2.32 bits per heavy atom. The predicted molar refractivity (Wildman–Crippen MR) is 74.5 cm³/mol. The summed E-state index contributed by atoms with van der Waals surface area (Å²) in [5.41, 5.74) is 2.69. The van der Waals surface area contributed by atoms with Crippen LogP contribution in [0.5, 0.6) is 0 Å². The zero-order chi connectivity index (χ0) is 13.5. The lowest BCUT2D eigenvalue weighted by Crippen LogP contribution is -2.14. The largest absolute Gasteiger partial charge is 0.326 e. The molecule has 0 aliphatic heterocycles. The lowest BCUT2D eigenvalue weighted by Gasteiger charge is -2.05. The maximum atomic E-state index is 11.8. The Morgan fingerprint density at radius 1 is 1.00 bits per heavy atom. The molecule has 2 aromatic carbocycles. The molecule has 0 saturated carbocycles. The van der Waals surface area contributed by atoms with Crippen LogP contribution in [-0.2, 0) is 17.6 Å². The zero-order valence-corrected chi connectivity index (χ0v) is 10.5. The molecule has 0 unspecified atom stereocenters. The molecule has 1 amide bonds. The number of amides is 1. The van der Waals surface area contributed by atoms with Gasteiger partial charge in [0.25, 0.3) is 0 Å². The molecule has 0 fully saturated rings. The van der Waals surface area contributed by atoms with E-state index >= 15 is 0 Å². The van der Waals surface area contributed by atoms with Gasteiger partial charge in [0.15, 0.2) is 0 Å². The predicted octanol–water partition coefficient (Wildman–Crippen LogP) is 2.93. The van der Waals surface area contributed by atoms with E-state index < -0.39 is 0 Å². The number of carbonyl (C=O) groups excluding carboxylic acids is 1. The number of benzene rings is 2. The number of carbonyl (C=O) groups is 1. The second-order valence-corrected chi connectivity index (χ2v) is 4.24. The maximum absolute atomic E-state index is 11.8. The van der Waals surface area contributed by atoms with E-state index in [0.29, 0.717) is 12.8 Å². The van der Waals surface area contributed by atoms with E-state index in [1.807, 2.05) is 54.6 Å². The van der Waals surface area contributed by atoms with Crippen molar-refractivity contribution in [2.24, 2.45) is 0 Å². The average Bonchev–Trinajstić information content (AvgIpc) is 2.42. The minimum Gasteiger partial charge on any atom is -0.326 e. The van der Waals surface area contributed by atoms with E-state index in [2.05, 4.69) is 11.4 Å². The van der Waals surface area contributed by atoms with Gasteiger partial charge < -0.3 is 5.32 Å². The van der Waals surface area contributed by atoms with Crippen molar-refractivity contribution in [3.8, 4) is 6.07 Å². The molecule has 0 heterocycles. The number of rotatable bonds is 4. The minimum absolute atomic E-state index is 0.0424. The first-order valence-electron chi connectivity index (χ1n) is 6.07. The van der Waals surface area contributed by atoms with Crippen LogP contribution < -0.4 is 5.32 Å². The monoisotopic (exact) mass is 250 g/mol. The van der Waals surface area contributed by atoms with E-state index in [-0.39, 0.29) is 5.91 Å². The molecule has 0 spiro atoms. The molecule has 0 aliphatic carbocycles. The maximum Gasteiger partial charge on any atom is 0.228 e. The fourth-order valence-corrected chi connectivity index (χ4v) is 1.78. The van der Waals surface area contributed by atoms with Crippen LogP contribution in [0.15, 0.2) is 54.6 Å². The third-order valence-electron chi connectivity index (χ3n) is 2.73. The van der Waals surface area contributed by atoms with Gasteiger partial charge in [-0.2, -0.15) is 5.26 Å². The summed E-state index contributed by atoms with van der Waals surface area (Å²) < 4.78 is 0. The van der Waals surface area contributed by atoms with Gasteiger partial charge in [0.1, 0.15) is 0 Å². The lowest BCUT2D eigenvalue weighted by atomic mass is 10.1. The molecule has 0 radical (unpaired) electrons. The van der Waals surface area contributed by atoms with E-state index in [1.54, 1.807) is 0 Å². The van der Waals surface area contributed by atoms with Gasteiger partial charge in [0.2, 0.25) is 5.91 Å². The first-order chi connectivity index (χ1) is 9.28. The molecule has 0 atom stereocenters. The lowest BCUT2D eigenvalue weighted by molar-refractivity contribution is -0.115. The molecule has 1 N–H and O–H groups in total. The highest BCUT2D eigenvalue weighted by Crippen LogP contribution is 2.10. The Balaban J connectivity index is 1.94. The number of nitrogens with zero attached hydrogens (tertiary/aromatic N) is 1. The Labute approximate surface area is 112 Å². The molecular formula is C16H14N2O. The van der Waals surface area contributed by atoms with Gasteiger partial charge in [-0.05, 0) is 23.3 Å². The summed E-state index contributed by atoms with van der Waals surface area (Å²) in [4.78, 5) is 11.8. The van der Waals surface area contributed by atoms with Crippen molar-refractivity contribution in [3.63, 3.8) is 0 Å². The van der Waals surface area contributed by atoms with Crippen molar-refractivity contribution < 1.29 is 4.79 Å². The van der Waals surface area contributed by atoms with Gasteiger partial charge in [-0.25, -0.2) is 0 Å². The summed E-state index contributed by atoms with van der Waals surface area (Å²) in [5, 5.41) is 11.4. The fourth-order valence-electron chi connectivity index (χ4n) is 1.78. The van der Waals surface area contributed by atoms with E-state index in [1.165, 1.54) is 0 Å². The molecule has 0 aromatic heterocycles. The topological polar surface area (TPSA) is 52.9 Å². The summed E-state index contributed by atoms with van der Waals surface area (Å²) >= 11 is 0. The smallest absolute Gasteiger partial charge is 0.228 e. The van der Waals surface area contributed by atoms with Crippen molar-refractivity contribution in [2.45, 2.75) is 12.8 Å². The molecule has 2 rings (SSSR count). The van der Waals surface area contributed by atoms with Gasteiger partial charge in [-0.1, -0.05) is 42.5 Å². The van der Waals surface area contributed by atoms with Crippen LogP contribution in [0.4, 0.5) is 5.69 Å². The quantitative estimate of drug-likeness (QED) is 0.907. The van der Waals surface area contributed by atoms with Gasteiger partial charge in [0.05, 0.1) is 18.9 Å². The number of anilines is 1. The van der Waals surface area contributed by atoms with Crippen LogP contribution in [0.25, 0.3) is 0 Å². The highest BCUT2D eigenvalue weighted by atomic mass is 16.1. The molecule has 0 saturated heterocycles. The van der Waals surface area contributed by atoms with Crippen LogP contribution >= 0.6 is 0 Å². The molecule has 19 heavy (non-hydrogen) atoms. The molecule has 3 heteroatoms. The fraction of sp³-hybridized carbons (Fsp3) is 0.125. The Hall–Kier alpha value is -2.60. The van der Waals surface area contributed by atoms with Crippen molar-refractivity contribution in [3.05, 3.63) is 65.7 Å². The standard InChI is InChI=1S/C16H14N2O/c17-11-10-13-6-8-15(9-7-13)18-16(19)12-14-4-2-1-3-5-14/h1-9H,10,12H2,(H,18,19). The third kappa shape index (κ3) is 3.97. The van der Waals surface area contributed by atoms with Crippen molar-refractivity contribution in [1.82, 2.24) is 0 Å². The van der Waals surface area contributed by atoms with Crippen LogP contribution in [0.3, 0.4) is 0 Å². The molecule has 3 nitrogen and oxygen atoms in total. The normalized spacial score (nSPS) is 9.63. The molecule has 2 aromatic rings.